The lowest BCUT2D eigenvalue weighted by atomic mass is 9.82. The number of methoxy groups -OCH3 is 1. The number of halogens is 2. The Bertz CT molecular complexity index is 958. The Morgan fingerprint density at radius 3 is 2.39 bits per heavy atom. The summed E-state index contributed by atoms with van der Waals surface area (Å²) in [4.78, 5) is 0. The summed E-state index contributed by atoms with van der Waals surface area (Å²) in [6, 6.07) is 14.4. The molecule has 0 N–H and O–H groups in total. The Morgan fingerprint density at radius 1 is 0.870 bits per heavy atom. The molecule has 0 atom stereocenters. The summed E-state index contributed by atoms with van der Waals surface area (Å²) in [6.45, 7) is 4.49. The van der Waals surface area contributed by atoms with Gasteiger partial charge in [-0.3, -0.25) is 0 Å². The van der Waals surface area contributed by atoms with E-state index in [2.05, 4.69) is 38.1 Å². The minimum absolute atomic E-state index is 0.0812. The fraction of sp³-hybridized carbons (Fsp3) is 0.200. The van der Waals surface area contributed by atoms with E-state index in [0.717, 1.165) is 16.5 Å². The van der Waals surface area contributed by atoms with Crippen LogP contribution in [0, 0.1) is 0 Å². The lowest BCUT2D eigenvalue weighted by molar-refractivity contribution is 0.413. The average Bonchev–Trinajstić information content (AvgIpc) is 2.75. The Morgan fingerprint density at radius 2 is 1.65 bits per heavy atom. The van der Waals surface area contributed by atoms with Gasteiger partial charge < -0.3 is 4.74 Å². The van der Waals surface area contributed by atoms with Crippen LogP contribution in [0.5, 0.6) is 5.75 Å². The molecular weight excluding hydrogens is 327 g/mol. The van der Waals surface area contributed by atoms with Crippen molar-refractivity contribution in [2.45, 2.75) is 19.3 Å². The normalized spacial score (nSPS) is 14.7. The van der Waals surface area contributed by atoms with Crippen molar-refractivity contribution in [1.29, 1.82) is 0 Å². The van der Waals surface area contributed by atoms with E-state index in [-0.39, 0.29) is 5.41 Å². The SMILES string of the molecule is COc1ccc2c(c1)C(C)(C)c1ccc3c(Cl)cc(Cl)cc3c1-2. The molecule has 1 aliphatic rings. The van der Waals surface area contributed by atoms with Gasteiger partial charge in [-0.15, -0.1) is 0 Å². The zero-order valence-corrected chi connectivity index (χ0v) is 14.7. The second-order valence-corrected chi connectivity index (χ2v) is 7.35. The fourth-order valence-corrected chi connectivity index (χ4v) is 4.25. The maximum atomic E-state index is 6.41. The van der Waals surface area contributed by atoms with Gasteiger partial charge in [0.15, 0.2) is 0 Å². The minimum Gasteiger partial charge on any atom is -0.497 e. The summed E-state index contributed by atoms with van der Waals surface area (Å²) >= 11 is 12.7. The highest BCUT2D eigenvalue weighted by Crippen LogP contribution is 2.52. The van der Waals surface area contributed by atoms with Gasteiger partial charge in [0.05, 0.1) is 7.11 Å². The van der Waals surface area contributed by atoms with Crippen molar-refractivity contribution in [3.05, 3.63) is 63.6 Å². The van der Waals surface area contributed by atoms with E-state index in [9.17, 15) is 0 Å². The van der Waals surface area contributed by atoms with E-state index in [0.29, 0.717) is 10.0 Å². The number of rotatable bonds is 1. The van der Waals surface area contributed by atoms with Gasteiger partial charge in [0.1, 0.15) is 5.75 Å². The molecule has 0 aliphatic heterocycles. The molecule has 3 aromatic rings. The van der Waals surface area contributed by atoms with Crippen LogP contribution in [0.4, 0.5) is 0 Å². The Labute approximate surface area is 145 Å². The molecule has 1 aliphatic carbocycles. The standard InChI is InChI=1S/C20H16Cl2O/c1-20(2)16-7-6-13-15(8-11(21)9-18(13)22)19(16)14-5-4-12(23-3)10-17(14)20/h4-10H,1-3H3. The molecule has 0 saturated carbocycles. The molecule has 3 heteroatoms. The van der Waals surface area contributed by atoms with Gasteiger partial charge in [0, 0.05) is 20.8 Å². The van der Waals surface area contributed by atoms with Crippen molar-refractivity contribution < 1.29 is 4.74 Å². The third-order valence-corrected chi connectivity index (χ3v) is 5.42. The van der Waals surface area contributed by atoms with Crippen molar-refractivity contribution >= 4 is 34.0 Å². The van der Waals surface area contributed by atoms with E-state index >= 15 is 0 Å². The second kappa shape index (κ2) is 4.90. The quantitative estimate of drug-likeness (QED) is 0.492. The van der Waals surface area contributed by atoms with Gasteiger partial charge in [-0.2, -0.15) is 0 Å². The minimum atomic E-state index is -0.0812. The van der Waals surface area contributed by atoms with Gasteiger partial charge in [0.25, 0.3) is 0 Å². The first kappa shape index (κ1) is 14.9. The molecule has 0 radical (unpaired) electrons. The van der Waals surface area contributed by atoms with Crippen LogP contribution >= 0.6 is 23.2 Å². The molecule has 3 aromatic carbocycles. The van der Waals surface area contributed by atoms with Gasteiger partial charge in [-0.25, -0.2) is 0 Å². The zero-order chi connectivity index (χ0) is 16.4. The Hall–Kier alpha value is -1.70. The third kappa shape index (κ3) is 2.00. The van der Waals surface area contributed by atoms with Crippen molar-refractivity contribution in [2.24, 2.45) is 0 Å². The zero-order valence-electron chi connectivity index (χ0n) is 13.2. The molecule has 0 saturated heterocycles. The first-order chi connectivity index (χ1) is 10.9. The van der Waals surface area contributed by atoms with Crippen LogP contribution in [0.2, 0.25) is 10.0 Å². The monoisotopic (exact) mass is 342 g/mol. The number of hydrogen-bond donors (Lipinski definition) is 0. The summed E-state index contributed by atoms with van der Waals surface area (Å²) in [7, 11) is 1.70. The molecule has 0 aromatic heterocycles. The van der Waals surface area contributed by atoms with Crippen LogP contribution < -0.4 is 4.74 Å². The molecule has 0 heterocycles. The van der Waals surface area contributed by atoms with Crippen molar-refractivity contribution in [3.8, 4) is 16.9 Å². The highest BCUT2D eigenvalue weighted by Gasteiger charge is 2.36. The molecule has 0 amide bonds. The number of hydrogen-bond acceptors (Lipinski definition) is 1. The molecule has 0 unspecified atom stereocenters. The molecule has 4 rings (SSSR count). The Balaban J connectivity index is 2.15. The van der Waals surface area contributed by atoms with Crippen molar-refractivity contribution in [1.82, 2.24) is 0 Å². The molecule has 116 valence electrons. The lowest BCUT2D eigenvalue weighted by Crippen LogP contribution is -2.15. The predicted octanol–water partition coefficient (Wildman–Crippen LogP) is 6.46. The van der Waals surface area contributed by atoms with E-state index < -0.39 is 0 Å². The molecule has 0 spiro atoms. The van der Waals surface area contributed by atoms with E-state index in [1.54, 1.807) is 13.2 Å². The number of ether oxygens (including phenoxy) is 1. The maximum Gasteiger partial charge on any atom is 0.119 e. The number of fused-ring (bicyclic) bond motifs is 5. The van der Waals surface area contributed by atoms with Gasteiger partial charge in [-0.1, -0.05) is 55.2 Å². The van der Waals surface area contributed by atoms with Crippen LogP contribution in [-0.2, 0) is 5.41 Å². The van der Waals surface area contributed by atoms with Gasteiger partial charge >= 0.3 is 0 Å². The summed E-state index contributed by atoms with van der Waals surface area (Å²) in [6.07, 6.45) is 0. The van der Waals surface area contributed by atoms with E-state index in [1.807, 2.05) is 12.1 Å². The molecule has 0 fully saturated rings. The fourth-order valence-electron chi connectivity index (χ4n) is 3.70. The molecule has 23 heavy (non-hydrogen) atoms. The van der Waals surface area contributed by atoms with Crippen LogP contribution in [0.1, 0.15) is 25.0 Å². The van der Waals surface area contributed by atoms with Crippen LogP contribution in [0.25, 0.3) is 21.9 Å². The Kier molecular flexibility index (Phi) is 3.16. The van der Waals surface area contributed by atoms with E-state index in [1.165, 1.54) is 22.3 Å². The average molecular weight is 343 g/mol. The smallest absolute Gasteiger partial charge is 0.119 e. The number of benzene rings is 3. The maximum absolute atomic E-state index is 6.41. The summed E-state index contributed by atoms with van der Waals surface area (Å²) in [5.41, 5.74) is 4.95. The van der Waals surface area contributed by atoms with Crippen LogP contribution in [0.15, 0.2) is 42.5 Å². The second-order valence-electron chi connectivity index (χ2n) is 6.51. The topological polar surface area (TPSA) is 9.23 Å². The summed E-state index contributed by atoms with van der Waals surface area (Å²) < 4.78 is 5.42. The molecular formula is C20H16Cl2O. The van der Waals surface area contributed by atoms with E-state index in [4.69, 9.17) is 27.9 Å². The third-order valence-electron chi connectivity index (χ3n) is 4.89. The highest BCUT2D eigenvalue weighted by atomic mass is 35.5. The molecule has 1 nitrogen and oxygen atoms in total. The van der Waals surface area contributed by atoms with Crippen molar-refractivity contribution in [3.63, 3.8) is 0 Å². The largest absolute Gasteiger partial charge is 0.497 e. The van der Waals surface area contributed by atoms with Crippen LogP contribution in [-0.4, -0.2) is 7.11 Å². The summed E-state index contributed by atoms with van der Waals surface area (Å²) in [5.74, 6) is 0.880. The molecule has 0 bridgehead atoms. The lowest BCUT2D eigenvalue weighted by Gasteiger charge is -2.22. The van der Waals surface area contributed by atoms with Gasteiger partial charge in [0.2, 0.25) is 0 Å². The first-order valence-electron chi connectivity index (χ1n) is 7.54. The van der Waals surface area contributed by atoms with Crippen molar-refractivity contribution in [2.75, 3.05) is 7.11 Å². The summed E-state index contributed by atoms with van der Waals surface area (Å²) in [5, 5.41) is 3.50. The van der Waals surface area contributed by atoms with Gasteiger partial charge in [-0.05, 0) is 51.9 Å². The predicted molar refractivity (Wildman–Crippen MR) is 98.1 cm³/mol. The highest BCUT2D eigenvalue weighted by molar-refractivity contribution is 6.39. The van der Waals surface area contributed by atoms with Crippen LogP contribution in [0.3, 0.4) is 0 Å². The first-order valence-corrected chi connectivity index (χ1v) is 8.30.